The largest absolute Gasteiger partial charge is 0.352 e. The average Bonchev–Trinajstić information content (AvgIpc) is 2.90. The van der Waals surface area contributed by atoms with Crippen molar-refractivity contribution >= 4 is 59.4 Å². The smallest absolute Gasteiger partial charge is 0.264 e. The van der Waals surface area contributed by atoms with Crippen molar-refractivity contribution in [2.75, 3.05) is 10.8 Å². The van der Waals surface area contributed by atoms with Crippen LogP contribution in [0.3, 0.4) is 0 Å². The molecule has 3 rings (SSSR count). The van der Waals surface area contributed by atoms with Crippen LogP contribution in [0.2, 0.25) is 0 Å². The minimum Gasteiger partial charge on any atom is -0.352 e. The summed E-state index contributed by atoms with van der Waals surface area (Å²) in [6, 6.07) is 21.3. The van der Waals surface area contributed by atoms with E-state index in [-0.39, 0.29) is 23.4 Å². The van der Waals surface area contributed by atoms with E-state index in [1.165, 1.54) is 17.0 Å². The van der Waals surface area contributed by atoms with Gasteiger partial charge in [0.1, 0.15) is 12.6 Å². The van der Waals surface area contributed by atoms with E-state index in [0.717, 1.165) is 20.8 Å². The van der Waals surface area contributed by atoms with Crippen molar-refractivity contribution < 1.29 is 18.0 Å². The Bertz CT molecular complexity index is 1370. The van der Waals surface area contributed by atoms with Crippen LogP contribution >= 0.6 is 31.9 Å². The lowest BCUT2D eigenvalue weighted by Gasteiger charge is -2.32. The quantitative estimate of drug-likeness (QED) is 0.283. The number of sulfonamides is 1. The standard InChI is InChI=1S/C28H31Br2N3O4S/c1-4-20(2)31-28(35)21(3)32(18-22-10-8-11-23(29)16-22)27(34)19-33(25-13-9-12-24(30)17-25)38(36,37)26-14-6-5-7-15-26/h5-17,20-21H,4,18-19H2,1-3H3,(H,31,35)/t20-,21+/m0/s1. The number of carbonyl (C=O) groups is 2. The van der Waals surface area contributed by atoms with Gasteiger partial charge in [0.2, 0.25) is 11.8 Å². The van der Waals surface area contributed by atoms with E-state index >= 15 is 0 Å². The summed E-state index contributed by atoms with van der Waals surface area (Å²) < 4.78 is 30.1. The lowest BCUT2D eigenvalue weighted by Crippen LogP contribution is -2.52. The summed E-state index contributed by atoms with van der Waals surface area (Å²) in [6.07, 6.45) is 0.740. The van der Waals surface area contributed by atoms with Gasteiger partial charge < -0.3 is 10.2 Å². The molecule has 0 aliphatic rings. The van der Waals surface area contributed by atoms with Gasteiger partial charge in [0, 0.05) is 21.5 Å². The molecule has 38 heavy (non-hydrogen) atoms. The van der Waals surface area contributed by atoms with Gasteiger partial charge in [0.25, 0.3) is 10.0 Å². The van der Waals surface area contributed by atoms with Gasteiger partial charge in [-0.3, -0.25) is 13.9 Å². The molecule has 3 aromatic carbocycles. The maximum Gasteiger partial charge on any atom is 0.264 e. The fourth-order valence-corrected chi connectivity index (χ4v) is 6.02. The lowest BCUT2D eigenvalue weighted by molar-refractivity contribution is -0.139. The van der Waals surface area contributed by atoms with Gasteiger partial charge in [-0.15, -0.1) is 0 Å². The second-order valence-corrected chi connectivity index (χ2v) is 12.6. The first kappa shape index (κ1) is 29.9. The molecule has 0 aliphatic carbocycles. The summed E-state index contributed by atoms with van der Waals surface area (Å²) in [5.74, 6) is -0.807. The van der Waals surface area contributed by atoms with Crippen LogP contribution in [0.1, 0.15) is 32.8 Å². The monoisotopic (exact) mass is 663 g/mol. The number of nitrogens with zero attached hydrogens (tertiary/aromatic N) is 2. The molecule has 0 aliphatic heterocycles. The highest BCUT2D eigenvalue weighted by Crippen LogP contribution is 2.27. The minimum atomic E-state index is -4.09. The number of nitrogens with one attached hydrogen (secondary N) is 1. The molecule has 0 saturated heterocycles. The molecule has 1 N–H and O–H groups in total. The Morgan fingerprint density at radius 2 is 1.53 bits per heavy atom. The summed E-state index contributed by atoms with van der Waals surface area (Å²) in [5, 5.41) is 2.93. The van der Waals surface area contributed by atoms with Crippen LogP contribution in [0.15, 0.2) is 92.7 Å². The summed E-state index contributed by atoms with van der Waals surface area (Å²) in [6.45, 7) is 5.16. The van der Waals surface area contributed by atoms with Crippen molar-refractivity contribution in [1.82, 2.24) is 10.2 Å². The van der Waals surface area contributed by atoms with E-state index in [1.54, 1.807) is 49.4 Å². The summed E-state index contributed by atoms with van der Waals surface area (Å²) in [4.78, 5) is 28.5. The third kappa shape index (κ3) is 7.68. The number of halogens is 2. The first-order valence-electron chi connectivity index (χ1n) is 12.2. The Hall–Kier alpha value is -2.69. The molecule has 0 saturated carbocycles. The molecule has 0 bridgehead atoms. The van der Waals surface area contributed by atoms with Crippen molar-refractivity contribution in [3.63, 3.8) is 0 Å². The Kier molecular flexibility index (Phi) is 10.5. The number of anilines is 1. The Morgan fingerprint density at radius 3 is 2.13 bits per heavy atom. The second kappa shape index (κ2) is 13.4. The molecule has 0 aromatic heterocycles. The van der Waals surface area contributed by atoms with Crippen LogP contribution in [-0.2, 0) is 26.2 Å². The molecular weight excluding hydrogens is 634 g/mol. The van der Waals surface area contributed by atoms with E-state index in [4.69, 9.17) is 0 Å². The van der Waals surface area contributed by atoms with Gasteiger partial charge >= 0.3 is 0 Å². The van der Waals surface area contributed by atoms with E-state index in [0.29, 0.717) is 10.2 Å². The second-order valence-electron chi connectivity index (χ2n) is 8.95. The summed E-state index contributed by atoms with van der Waals surface area (Å²) >= 11 is 6.85. The van der Waals surface area contributed by atoms with Gasteiger partial charge in [0.05, 0.1) is 10.6 Å². The summed E-state index contributed by atoms with van der Waals surface area (Å²) in [5.41, 5.74) is 1.13. The average molecular weight is 665 g/mol. The zero-order valence-electron chi connectivity index (χ0n) is 21.5. The number of rotatable bonds is 11. The third-order valence-corrected chi connectivity index (χ3v) is 8.89. The van der Waals surface area contributed by atoms with E-state index < -0.39 is 28.5 Å². The van der Waals surface area contributed by atoms with Crippen molar-refractivity contribution in [1.29, 1.82) is 0 Å². The molecule has 10 heteroatoms. The Morgan fingerprint density at radius 1 is 0.895 bits per heavy atom. The highest BCUT2D eigenvalue weighted by Gasteiger charge is 2.32. The van der Waals surface area contributed by atoms with E-state index in [9.17, 15) is 18.0 Å². The van der Waals surface area contributed by atoms with E-state index in [1.807, 2.05) is 38.1 Å². The van der Waals surface area contributed by atoms with Crippen molar-refractivity contribution in [3.05, 3.63) is 93.4 Å². The molecule has 2 amide bonds. The fourth-order valence-electron chi connectivity index (χ4n) is 3.76. The molecule has 0 heterocycles. The number of amides is 2. The topological polar surface area (TPSA) is 86.8 Å². The first-order valence-corrected chi connectivity index (χ1v) is 15.2. The Labute approximate surface area is 241 Å². The molecule has 3 aromatic rings. The van der Waals surface area contributed by atoms with Gasteiger partial charge in [-0.1, -0.05) is 75.2 Å². The normalized spacial score (nSPS) is 12.9. The maximum absolute atomic E-state index is 13.9. The van der Waals surface area contributed by atoms with Gasteiger partial charge in [-0.25, -0.2) is 8.42 Å². The van der Waals surface area contributed by atoms with Crippen molar-refractivity contribution in [2.45, 2.75) is 50.7 Å². The molecular formula is C28H31Br2N3O4S. The van der Waals surface area contributed by atoms with Crippen LogP contribution in [0.4, 0.5) is 5.69 Å². The number of hydrogen-bond donors (Lipinski definition) is 1. The van der Waals surface area contributed by atoms with Crippen LogP contribution < -0.4 is 9.62 Å². The predicted octanol–water partition coefficient (Wildman–Crippen LogP) is 5.74. The molecule has 7 nitrogen and oxygen atoms in total. The molecule has 2 atom stereocenters. The van der Waals surface area contributed by atoms with Gasteiger partial charge in [0.15, 0.2) is 0 Å². The van der Waals surface area contributed by atoms with Crippen LogP contribution in [0, 0.1) is 0 Å². The summed E-state index contributed by atoms with van der Waals surface area (Å²) in [7, 11) is -4.09. The van der Waals surface area contributed by atoms with Crippen molar-refractivity contribution in [3.8, 4) is 0 Å². The molecule has 0 unspecified atom stereocenters. The highest BCUT2D eigenvalue weighted by molar-refractivity contribution is 9.10. The predicted molar refractivity (Wildman–Crippen MR) is 157 cm³/mol. The zero-order valence-corrected chi connectivity index (χ0v) is 25.5. The fraction of sp³-hybridized carbons (Fsp3) is 0.286. The first-order chi connectivity index (χ1) is 18.0. The number of carbonyl (C=O) groups excluding carboxylic acids is 2. The number of benzene rings is 3. The number of hydrogen-bond acceptors (Lipinski definition) is 4. The van der Waals surface area contributed by atoms with Crippen molar-refractivity contribution in [2.24, 2.45) is 0 Å². The molecule has 202 valence electrons. The van der Waals surface area contributed by atoms with Gasteiger partial charge in [-0.05, 0) is 68.3 Å². The van der Waals surface area contributed by atoms with E-state index in [2.05, 4.69) is 37.2 Å². The van der Waals surface area contributed by atoms with Crippen LogP contribution in [-0.4, -0.2) is 43.8 Å². The molecule has 0 spiro atoms. The Balaban J connectivity index is 2.02. The molecule has 0 radical (unpaired) electrons. The molecule has 0 fully saturated rings. The van der Waals surface area contributed by atoms with Crippen LogP contribution in [0.5, 0.6) is 0 Å². The zero-order chi connectivity index (χ0) is 27.9. The SMILES string of the molecule is CC[C@H](C)NC(=O)[C@@H](C)N(Cc1cccc(Br)c1)C(=O)CN(c1cccc(Br)c1)S(=O)(=O)c1ccccc1. The minimum absolute atomic E-state index is 0.0638. The third-order valence-electron chi connectivity index (χ3n) is 6.12. The highest BCUT2D eigenvalue weighted by atomic mass is 79.9. The lowest BCUT2D eigenvalue weighted by atomic mass is 10.1. The maximum atomic E-state index is 13.9. The van der Waals surface area contributed by atoms with Gasteiger partial charge in [-0.2, -0.15) is 0 Å². The van der Waals surface area contributed by atoms with Crippen LogP contribution in [0.25, 0.3) is 0 Å².